The Morgan fingerprint density at radius 3 is 2.22 bits per heavy atom. The van der Waals surface area contributed by atoms with E-state index in [1.165, 1.54) is 25.3 Å². The quantitative estimate of drug-likeness (QED) is 0.588. The van der Waals surface area contributed by atoms with E-state index in [2.05, 4.69) is 41.0 Å². The monoisotopic (exact) mass is 438 g/mol. The van der Waals surface area contributed by atoms with Crippen LogP contribution in [-0.2, 0) is 25.6 Å². The van der Waals surface area contributed by atoms with E-state index in [0.717, 1.165) is 0 Å². The maximum Gasteiger partial charge on any atom is 0.310 e. The molecular weight excluding hydrogens is 404 g/mol. The highest BCUT2D eigenvalue weighted by atomic mass is 16.5. The van der Waals surface area contributed by atoms with Crippen molar-refractivity contribution in [2.45, 2.75) is 32.0 Å². The number of likely N-dealkylation sites (tertiary alicyclic amines) is 1. The van der Waals surface area contributed by atoms with Crippen molar-refractivity contribution < 1.29 is 19.1 Å². The summed E-state index contributed by atoms with van der Waals surface area (Å²) in [5, 5.41) is 0. The summed E-state index contributed by atoms with van der Waals surface area (Å²) in [5.41, 5.74) is 2.36. The van der Waals surface area contributed by atoms with Gasteiger partial charge in [0.2, 0.25) is 0 Å². The van der Waals surface area contributed by atoms with Gasteiger partial charge >= 0.3 is 11.9 Å². The van der Waals surface area contributed by atoms with Gasteiger partial charge in [-0.15, -0.1) is 0 Å². The minimum Gasteiger partial charge on any atom is -0.469 e. The van der Waals surface area contributed by atoms with E-state index in [1.807, 2.05) is 43.4 Å². The average Bonchev–Trinajstić information content (AvgIpc) is 2.82. The maximum atomic E-state index is 13.1. The van der Waals surface area contributed by atoms with Gasteiger partial charge in [-0.1, -0.05) is 60.7 Å². The lowest BCUT2D eigenvalue weighted by atomic mass is 9.78. The molecule has 1 aliphatic rings. The first-order valence-electron chi connectivity index (χ1n) is 11.1. The number of benzene rings is 2. The zero-order valence-corrected chi connectivity index (χ0v) is 19.4. The molecule has 2 aromatic carbocycles. The summed E-state index contributed by atoms with van der Waals surface area (Å²) < 4.78 is 10.2. The Hall–Kier alpha value is -2.70. The van der Waals surface area contributed by atoms with Gasteiger partial charge in [0.1, 0.15) is 0 Å². The van der Waals surface area contributed by atoms with Crippen LogP contribution in [0.5, 0.6) is 0 Å². The minimum atomic E-state index is -0.426. The van der Waals surface area contributed by atoms with Crippen LogP contribution in [0.1, 0.15) is 30.5 Å². The number of rotatable bonds is 8. The summed E-state index contributed by atoms with van der Waals surface area (Å²) in [4.78, 5) is 29.8. The van der Waals surface area contributed by atoms with Gasteiger partial charge in [-0.25, -0.2) is 0 Å². The predicted molar refractivity (Wildman–Crippen MR) is 124 cm³/mol. The highest BCUT2D eigenvalue weighted by Crippen LogP contribution is 2.36. The molecule has 0 radical (unpaired) electrons. The number of methoxy groups -OCH3 is 2. The Bertz CT molecular complexity index is 874. The number of carbonyl (C=O) groups is 2. The largest absolute Gasteiger partial charge is 0.469 e. The molecule has 0 aromatic heterocycles. The lowest BCUT2D eigenvalue weighted by Crippen LogP contribution is -2.58. The minimum absolute atomic E-state index is 0.0684. The molecule has 0 spiro atoms. The van der Waals surface area contributed by atoms with Crippen LogP contribution >= 0.6 is 0 Å². The van der Waals surface area contributed by atoms with Crippen LogP contribution in [0.2, 0.25) is 0 Å². The summed E-state index contributed by atoms with van der Waals surface area (Å²) in [6, 6.07) is 20.6. The molecule has 4 atom stereocenters. The molecule has 0 aliphatic carbocycles. The third kappa shape index (κ3) is 5.75. The maximum absolute atomic E-state index is 13.1. The highest BCUT2D eigenvalue weighted by Gasteiger charge is 2.45. The molecule has 2 aromatic rings. The zero-order chi connectivity index (χ0) is 23.1. The first-order chi connectivity index (χ1) is 15.4. The normalized spacial score (nSPS) is 22.3. The number of piperidine rings is 1. The van der Waals surface area contributed by atoms with Crippen molar-refractivity contribution in [1.29, 1.82) is 0 Å². The van der Waals surface area contributed by atoms with Crippen molar-refractivity contribution in [3.05, 3.63) is 71.8 Å². The molecule has 0 saturated carbocycles. The van der Waals surface area contributed by atoms with Gasteiger partial charge in [-0.3, -0.25) is 14.5 Å². The number of nitrogens with zero attached hydrogens (tertiary/aromatic N) is 2. The molecule has 1 aliphatic heterocycles. The van der Waals surface area contributed by atoms with Crippen molar-refractivity contribution >= 4 is 11.9 Å². The summed E-state index contributed by atoms with van der Waals surface area (Å²) in [7, 11) is 4.85. The second kappa shape index (κ2) is 11.2. The topological polar surface area (TPSA) is 59.1 Å². The van der Waals surface area contributed by atoms with Gasteiger partial charge in [0.15, 0.2) is 0 Å². The van der Waals surface area contributed by atoms with Crippen LogP contribution in [0.3, 0.4) is 0 Å². The van der Waals surface area contributed by atoms with Crippen molar-refractivity contribution in [1.82, 2.24) is 9.80 Å². The molecule has 0 unspecified atom stereocenters. The van der Waals surface area contributed by atoms with E-state index >= 15 is 0 Å². The van der Waals surface area contributed by atoms with E-state index in [1.54, 1.807) is 0 Å². The Balaban J connectivity index is 2.01. The highest BCUT2D eigenvalue weighted by molar-refractivity contribution is 5.76. The molecule has 172 valence electrons. The predicted octanol–water partition coefficient (Wildman–Crippen LogP) is 3.53. The lowest BCUT2D eigenvalue weighted by molar-refractivity contribution is -0.157. The van der Waals surface area contributed by atoms with Crippen molar-refractivity contribution in [3.63, 3.8) is 0 Å². The van der Waals surface area contributed by atoms with Crippen molar-refractivity contribution in [2.75, 3.05) is 34.4 Å². The molecule has 6 heteroatoms. The van der Waals surface area contributed by atoms with Gasteiger partial charge in [-0.2, -0.15) is 0 Å². The number of ether oxygens (including phenoxy) is 2. The second-order valence-corrected chi connectivity index (χ2v) is 8.62. The molecule has 1 heterocycles. The van der Waals surface area contributed by atoms with Crippen LogP contribution < -0.4 is 0 Å². The number of hydrogen-bond donors (Lipinski definition) is 0. The fraction of sp³-hybridized carbons (Fsp3) is 0.462. The van der Waals surface area contributed by atoms with E-state index in [9.17, 15) is 9.59 Å². The Kier molecular flexibility index (Phi) is 8.42. The molecule has 0 bridgehead atoms. The van der Waals surface area contributed by atoms with Crippen LogP contribution in [0, 0.1) is 11.8 Å². The lowest BCUT2D eigenvalue weighted by Gasteiger charge is -2.47. The second-order valence-electron chi connectivity index (χ2n) is 8.62. The van der Waals surface area contributed by atoms with Crippen LogP contribution in [0.4, 0.5) is 0 Å². The van der Waals surface area contributed by atoms with Crippen molar-refractivity contribution in [3.8, 4) is 0 Å². The molecule has 6 nitrogen and oxygen atoms in total. The van der Waals surface area contributed by atoms with E-state index in [0.29, 0.717) is 19.6 Å². The Labute approximate surface area is 191 Å². The van der Waals surface area contributed by atoms with Gasteiger partial charge < -0.3 is 14.4 Å². The first kappa shape index (κ1) is 24.0. The number of carbonyl (C=O) groups excluding carboxylic acids is 2. The summed E-state index contributed by atoms with van der Waals surface area (Å²) >= 11 is 0. The van der Waals surface area contributed by atoms with Crippen LogP contribution in [-0.4, -0.2) is 62.1 Å². The smallest absolute Gasteiger partial charge is 0.310 e. The average molecular weight is 439 g/mol. The number of likely N-dealkylation sites (N-methyl/N-ethyl adjacent to an activating group) is 1. The number of esters is 2. The molecular formula is C26H34N2O4. The van der Waals surface area contributed by atoms with E-state index in [-0.39, 0.29) is 36.4 Å². The first-order valence-corrected chi connectivity index (χ1v) is 11.1. The van der Waals surface area contributed by atoms with Gasteiger partial charge in [0, 0.05) is 31.7 Å². The Morgan fingerprint density at radius 1 is 1.00 bits per heavy atom. The third-order valence-corrected chi connectivity index (χ3v) is 6.51. The van der Waals surface area contributed by atoms with Crippen molar-refractivity contribution in [2.24, 2.45) is 11.8 Å². The molecule has 1 fully saturated rings. The summed E-state index contributed by atoms with van der Waals surface area (Å²) in [6.45, 7) is 4.22. The van der Waals surface area contributed by atoms with E-state index in [4.69, 9.17) is 9.47 Å². The third-order valence-electron chi connectivity index (χ3n) is 6.51. The van der Waals surface area contributed by atoms with Crippen LogP contribution in [0.25, 0.3) is 0 Å². The van der Waals surface area contributed by atoms with E-state index < -0.39 is 5.92 Å². The van der Waals surface area contributed by atoms with Gasteiger partial charge in [0.25, 0.3) is 0 Å². The molecule has 1 saturated heterocycles. The van der Waals surface area contributed by atoms with Crippen LogP contribution in [0.15, 0.2) is 60.7 Å². The molecule has 32 heavy (non-hydrogen) atoms. The fourth-order valence-corrected chi connectivity index (χ4v) is 4.88. The summed E-state index contributed by atoms with van der Waals surface area (Å²) in [6.07, 6.45) is 0.190. The molecule has 0 amide bonds. The molecule has 3 rings (SSSR count). The van der Waals surface area contributed by atoms with Gasteiger partial charge in [-0.05, 0) is 31.0 Å². The fourth-order valence-electron chi connectivity index (χ4n) is 4.88. The molecule has 0 N–H and O–H groups in total. The summed E-state index contributed by atoms with van der Waals surface area (Å²) in [5.74, 6) is -1.18. The zero-order valence-electron chi connectivity index (χ0n) is 19.4. The number of hydrogen-bond acceptors (Lipinski definition) is 6. The standard InChI is InChI=1S/C26H34N2O4/c1-19(21-13-9-6-10-14-21)28(16-20-11-7-5-8-12-20)23-18-27(2)17-22(15-24(29)31-3)25(23)26(30)32-4/h5-14,19,22-23,25H,15-18H2,1-4H3/t19-,22-,23-,25-/m0/s1. The van der Waals surface area contributed by atoms with Gasteiger partial charge in [0.05, 0.1) is 26.6 Å². The SMILES string of the molecule is COC(=O)C[C@H]1CN(C)C[C@H](N(Cc2ccccc2)[C@@H](C)c2ccccc2)[C@H]1C(=O)OC. The Morgan fingerprint density at radius 2 is 1.62 bits per heavy atom.